The van der Waals surface area contributed by atoms with Crippen LogP contribution in [0.1, 0.15) is 20.8 Å². The molecule has 0 aromatic carbocycles. The molecule has 1 aliphatic carbocycles. The number of rotatable bonds is 1. The third-order valence-electron chi connectivity index (χ3n) is 6.08. The van der Waals surface area contributed by atoms with E-state index in [-0.39, 0.29) is 35.6 Å². The van der Waals surface area contributed by atoms with Gasteiger partial charge in [0.1, 0.15) is 8.24 Å². The van der Waals surface area contributed by atoms with Crippen LogP contribution in [0.25, 0.3) is 0 Å². The van der Waals surface area contributed by atoms with E-state index < -0.39 is 20.1 Å². The van der Waals surface area contributed by atoms with E-state index in [1.807, 2.05) is 6.08 Å². The monoisotopic (exact) mass is 315 g/mol. The van der Waals surface area contributed by atoms with Gasteiger partial charge >= 0.3 is 18.8 Å². The molecule has 3 heterocycles. The van der Waals surface area contributed by atoms with Crippen molar-refractivity contribution >= 4 is 27.0 Å². The zero-order chi connectivity index (χ0) is 16.4. The van der Waals surface area contributed by atoms with Gasteiger partial charge < -0.3 is 9.21 Å². The molecule has 0 saturated carbocycles. The van der Waals surface area contributed by atoms with Gasteiger partial charge in [-0.05, 0) is 10.9 Å². The first-order chi connectivity index (χ1) is 10.1. The first kappa shape index (κ1) is 15.6. The van der Waals surface area contributed by atoms with Crippen LogP contribution in [0.15, 0.2) is 12.2 Å². The number of hydrogen-bond donors (Lipinski definition) is 0. The molecule has 2 bridgehead atoms. The lowest BCUT2D eigenvalue weighted by atomic mass is 9.41. The molecule has 116 valence electrons. The van der Waals surface area contributed by atoms with Crippen molar-refractivity contribution in [2.45, 2.75) is 50.8 Å². The van der Waals surface area contributed by atoms with E-state index in [0.29, 0.717) is 0 Å². The molecule has 6 heteroatoms. The van der Waals surface area contributed by atoms with Crippen molar-refractivity contribution in [3.05, 3.63) is 12.2 Å². The summed E-state index contributed by atoms with van der Waals surface area (Å²) in [5.74, 6) is 1.22. The van der Waals surface area contributed by atoms with Gasteiger partial charge in [-0.3, -0.25) is 9.59 Å². The fraction of sp³-hybridized carbons (Fsp3) is 0.625. The molecule has 4 atom stereocenters. The molecule has 0 amide bonds. The molecule has 3 aliphatic heterocycles. The Morgan fingerprint density at radius 3 is 2.36 bits per heavy atom. The Labute approximate surface area is 133 Å². The fourth-order valence-electron chi connectivity index (χ4n) is 4.00. The van der Waals surface area contributed by atoms with Crippen LogP contribution in [0.4, 0.5) is 0 Å². The minimum Gasteiger partial charge on any atom is -0.393 e. The number of terminal acetylenes is 1. The van der Waals surface area contributed by atoms with Gasteiger partial charge in [0.05, 0.1) is 11.8 Å². The summed E-state index contributed by atoms with van der Waals surface area (Å²) in [6.45, 7) is 11.2. The van der Waals surface area contributed by atoms with Crippen LogP contribution in [0.5, 0.6) is 0 Å². The van der Waals surface area contributed by atoms with Gasteiger partial charge in [-0.2, -0.15) is 0 Å². The molecule has 2 fully saturated rings. The zero-order valence-electron chi connectivity index (χ0n) is 13.8. The average Bonchev–Trinajstić information content (AvgIpc) is 2.74. The van der Waals surface area contributed by atoms with Crippen molar-refractivity contribution in [3.63, 3.8) is 0 Å². The Morgan fingerprint density at radius 1 is 1.23 bits per heavy atom. The molecule has 0 spiro atoms. The number of carbonyl (C=O) groups excluding carboxylic acids is 2. The molecule has 0 aromatic heterocycles. The number of allylic oxidation sites excluding steroid dienone is 1. The van der Waals surface area contributed by atoms with E-state index in [9.17, 15) is 9.59 Å². The van der Waals surface area contributed by atoms with Gasteiger partial charge in [-0.1, -0.05) is 46.0 Å². The molecule has 4 unspecified atom stereocenters. The van der Waals surface area contributed by atoms with Crippen LogP contribution < -0.4 is 0 Å². The van der Waals surface area contributed by atoms with Crippen molar-refractivity contribution in [3.8, 4) is 12.2 Å². The summed E-state index contributed by atoms with van der Waals surface area (Å²) in [6.07, 6.45) is 9.94. The molecule has 4 aliphatic rings. The van der Waals surface area contributed by atoms with E-state index in [1.165, 1.54) is 0 Å². The number of nitrogens with zero attached hydrogens (tertiary/aromatic N) is 1. The minimum atomic E-state index is -1.93. The Hall–Kier alpha value is -1.32. The van der Waals surface area contributed by atoms with E-state index in [0.717, 1.165) is 0 Å². The second-order valence-corrected chi connectivity index (χ2v) is 13.2. The summed E-state index contributed by atoms with van der Waals surface area (Å²) < 4.78 is 7.32. The van der Waals surface area contributed by atoms with Crippen molar-refractivity contribution in [2.75, 3.05) is 0 Å². The number of carbonyl (C=O) groups is 2. The second-order valence-electron chi connectivity index (χ2n) is 8.07. The third-order valence-corrected chi connectivity index (χ3v) is 11.6. The van der Waals surface area contributed by atoms with Crippen LogP contribution >= 0.6 is 0 Å². The number of hydrogen-bond acceptors (Lipinski definition) is 4. The van der Waals surface area contributed by atoms with Gasteiger partial charge in [-0.15, -0.1) is 12.2 Å². The maximum Gasteiger partial charge on any atom is 0.319 e. The van der Waals surface area contributed by atoms with Crippen molar-refractivity contribution in [2.24, 2.45) is 11.8 Å². The highest BCUT2D eigenvalue weighted by Crippen LogP contribution is 2.53. The van der Waals surface area contributed by atoms with E-state index in [2.05, 4.69) is 50.2 Å². The topological polar surface area (TPSA) is 46.6 Å². The minimum absolute atomic E-state index is 0.107. The van der Waals surface area contributed by atoms with Crippen LogP contribution in [-0.4, -0.2) is 37.5 Å². The van der Waals surface area contributed by atoms with Gasteiger partial charge in [0, 0.05) is 6.04 Å². The quantitative estimate of drug-likeness (QED) is 0.244. The van der Waals surface area contributed by atoms with E-state index in [1.54, 1.807) is 0 Å². The van der Waals surface area contributed by atoms with Crippen LogP contribution in [0.3, 0.4) is 0 Å². The third kappa shape index (κ3) is 1.82. The smallest absolute Gasteiger partial charge is 0.319 e. The Balaban J connectivity index is 2.11. The van der Waals surface area contributed by atoms with Gasteiger partial charge in [0.2, 0.25) is 0 Å². The molecule has 0 N–H and O–H groups in total. The highest BCUT2D eigenvalue weighted by atomic mass is 28.3. The highest BCUT2D eigenvalue weighted by molar-refractivity contribution is 6.89. The maximum absolute atomic E-state index is 12.2. The van der Waals surface area contributed by atoms with Crippen molar-refractivity contribution in [1.82, 2.24) is 4.48 Å². The first-order valence-corrected chi connectivity index (χ1v) is 10.7. The summed E-state index contributed by atoms with van der Waals surface area (Å²) in [5.41, 5.74) is 0. The predicted octanol–water partition coefficient (Wildman–Crippen LogP) is 2.10. The first-order valence-electron chi connectivity index (χ1n) is 7.79. The maximum atomic E-state index is 12.2. The molecule has 0 aromatic rings. The standard InChI is InChI=1S/C16H22BNO3Si/c1-7-17-10-8-9-11(13-12(10)14(19)21-15(13)20)18(17)22(5,6)16(2,3)4/h1,8-13H,2-6H3. The number of fused-ring (bicyclic) bond motifs is 1. The zero-order valence-corrected chi connectivity index (χ0v) is 14.8. The van der Waals surface area contributed by atoms with Crippen LogP contribution in [0, 0.1) is 24.1 Å². The molecule has 0 radical (unpaired) electrons. The number of esters is 2. The molecule has 22 heavy (non-hydrogen) atoms. The second kappa shape index (κ2) is 4.59. The molecular formula is C16H22BNO3Si. The molecular weight excluding hydrogens is 293 g/mol. The lowest BCUT2D eigenvalue weighted by Gasteiger charge is -2.58. The van der Waals surface area contributed by atoms with E-state index >= 15 is 0 Å². The largest absolute Gasteiger partial charge is 0.393 e. The summed E-state index contributed by atoms with van der Waals surface area (Å²) in [7, 11) is -1.93. The van der Waals surface area contributed by atoms with Gasteiger partial charge in [0.25, 0.3) is 0 Å². The molecule has 2 saturated heterocycles. The van der Waals surface area contributed by atoms with Gasteiger partial charge in [-0.25, -0.2) is 0 Å². The van der Waals surface area contributed by atoms with Gasteiger partial charge in [0.15, 0.2) is 0 Å². The molecule has 4 rings (SSSR count). The SMILES string of the molecule is C#CB1C2C=CC(C3C(=O)OC(=O)C23)N1[Si](C)(C)C(C)(C)C. The van der Waals surface area contributed by atoms with Crippen LogP contribution in [0.2, 0.25) is 23.9 Å². The number of cyclic esters (lactones) is 2. The summed E-state index contributed by atoms with van der Waals surface area (Å²) in [4.78, 5) is 24.3. The van der Waals surface area contributed by atoms with Crippen molar-refractivity contribution < 1.29 is 14.3 Å². The fourth-order valence-corrected chi connectivity index (χ4v) is 6.70. The number of ether oxygens (including phenoxy) is 1. The lowest BCUT2D eigenvalue weighted by molar-refractivity contribution is -0.153. The highest BCUT2D eigenvalue weighted by Gasteiger charge is 2.65. The lowest BCUT2D eigenvalue weighted by Crippen LogP contribution is -2.71. The Bertz CT molecular complexity index is 616. The van der Waals surface area contributed by atoms with Crippen molar-refractivity contribution in [1.29, 1.82) is 0 Å². The van der Waals surface area contributed by atoms with Crippen LogP contribution in [-0.2, 0) is 14.3 Å². The van der Waals surface area contributed by atoms with E-state index in [4.69, 9.17) is 11.2 Å². The summed E-state index contributed by atoms with van der Waals surface area (Å²) >= 11 is 0. The average molecular weight is 315 g/mol. The summed E-state index contributed by atoms with van der Waals surface area (Å²) in [6, 6.07) is -0.115. The summed E-state index contributed by atoms with van der Waals surface area (Å²) in [5, 5.41) is 0.107. The molecule has 4 nitrogen and oxygen atoms in total. The Morgan fingerprint density at radius 2 is 1.82 bits per heavy atom. The normalized spacial score (nSPS) is 34.6. The Kier molecular flexibility index (Phi) is 3.25. The predicted molar refractivity (Wildman–Crippen MR) is 88.4 cm³/mol.